The summed E-state index contributed by atoms with van der Waals surface area (Å²) in [6.07, 6.45) is -0.0101. The van der Waals surface area contributed by atoms with Crippen molar-refractivity contribution >= 4 is 27.9 Å². The minimum atomic E-state index is -1.65. The molecule has 20 heavy (non-hydrogen) atoms. The first-order chi connectivity index (χ1) is 9.35. The molecule has 0 heterocycles. The van der Waals surface area contributed by atoms with Crippen molar-refractivity contribution < 1.29 is 24.2 Å². The van der Waals surface area contributed by atoms with Gasteiger partial charge in [-0.3, -0.25) is 9.59 Å². The first-order valence-corrected chi connectivity index (χ1v) is 6.87. The van der Waals surface area contributed by atoms with Crippen molar-refractivity contribution in [1.29, 1.82) is 0 Å². The number of carboxylic acids is 1. The van der Waals surface area contributed by atoms with Crippen molar-refractivity contribution in [3.8, 4) is 5.75 Å². The van der Waals surface area contributed by atoms with E-state index >= 15 is 0 Å². The van der Waals surface area contributed by atoms with Gasteiger partial charge in [-0.1, -0.05) is 15.9 Å². The van der Waals surface area contributed by atoms with Crippen LogP contribution in [0.25, 0.3) is 0 Å². The Kier molecular flexibility index (Phi) is 5.56. The van der Waals surface area contributed by atoms with Crippen molar-refractivity contribution in [2.24, 2.45) is 5.41 Å². The predicted molar refractivity (Wildman–Crippen MR) is 76.8 cm³/mol. The van der Waals surface area contributed by atoms with E-state index in [0.717, 1.165) is 4.47 Å². The first kappa shape index (κ1) is 16.5. The zero-order chi connectivity index (χ0) is 15.3. The van der Waals surface area contributed by atoms with E-state index in [-0.39, 0.29) is 13.0 Å². The van der Waals surface area contributed by atoms with Gasteiger partial charge in [0, 0.05) is 10.9 Å². The Hall–Kier alpha value is -1.56. The van der Waals surface area contributed by atoms with E-state index in [1.807, 2.05) is 0 Å². The SMILES string of the molecule is CCOC(=O)C(C)(Cc1cc(Br)ccc1OC)C(=O)O. The van der Waals surface area contributed by atoms with Crippen molar-refractivity contribution in [3.63, 3.8) is 0 Å². The number of carbonyl (C=O) groups is 2. The third-order valence-corrected chi connectivity index (χ3v) is 3.48. The average Bonchev–Trinajstić information content (AvgIpc) is 2.38. The molecule has 1 aromatic rings. The molecule has 0 radical (unpaired) electrons. The number of hydrogen-bond donors (Lipinski definition) is 1. The van der Waals surface area contributed by atoms with Gasteiger partial charge in [-0.2, -0.15) is 0 Å². The molecule has 0 aliphatic heterocycles. The molecule has 1 unspecified atom stereocenters. The minimum Gasteiger partial charge on any atom is -0.496 e. The second-order valence-corrected chi connectivity index (χ2v) is 5.41. The quantitative estimate of drug-likeness (QED) is 0.634. The van der Waals surface area contributed by atoms with Crippen LogP contribution in [0.2, 0.25) is 0 Å². The average molecular weight is 345 g/mol. The fourth-order valence-electron chi connectivity index (χ4n) is 1.79. The molecule has 0 amide bonds. The third-order valence-electron chi connectivity index (χ3n) is 2.98. The minimum absolute atomic E-state index is 0.0101. The van der Waals surface area contributed by atoms with Gasteiger partial charge in [0.15, 0.2) is 5.41 Å². The molecule has 1 N–H and O–H groups in total. The van der Waals surface area contributed by atoms with Crippen LogP contribution < -0.4 is 4.74 Å². The largest absolute Gasteiger partial charge is 0.496 e. The smallest absolute Gasteiger partial charge is 0.323 e. The number of rotatable bonds is 6. The Morgan fingerprint density at radius 3 is 2.55 bits per heavy atom. The molecular weight excluding hydrogens is 328 g/mol. The second-order valence-electron chi connectivity index (χ2n) is 4.49. The maximum Gasteiger partial charge on any atom is 0.323 e. The van der Waals surface area contributed by atoms with E-state index in [1.165, 1.54) is 14.0 Å². The highest BCUT2D eigenvalue weighted by Crippen LogP contribution is 2.31. The Morgan fingerprint density at radius 2 is 2.05 bits per heavy atom. The van der Waals surface area contributed by atoms with E-state index in [2.05, 4.69) is 15.9 Å². The van der Waals surface area contributed by atoms with Gasteiger partial charge in [-0.15, -0.1) is 0 Å². The van der Waals surface area contributed by atoms with E-state index in [9.17, 15) is 14.7 Å². The molecule has 110 valence electrons. The molecule has 1 aromatic carbocycles. The predicted octanol–water partition coefficient (Wildman–Crippen LogP) is 2.65. The van der Waals surface area contributed by atoms with E-state index in [1.54, 1.807) is 25.1 Å². The number of carbonyl (C=O) groups excluding carboxylic acids is 1. The molecule has 0 saturated carbocycles. The number of carboxylic acid groups (broad SMARTS) is 1. The summed E-state index contributed by atoms with van der Waals surface area (Å²) in [4.78, 5) is 23.4. The number of ether oxygens (including phenoxy) is 2. The van der Waals surface area contributed by atoms with Crippen LogP contribution in [0.4, 0.5) is 0 Å². The van der Waals surface area contributed by atoms with E-state index < -0.39 is 17.4 Å². The number of halogens is 1. The lowest BCUT2D eigenvalue weighted by Gasteiger charge is -2.23. The normalized spacial score (nSPS) is 13.4. The summed E-state index contributed by atoms with van der Waals surface area (Å²) >= 11 is 3.32. The molecule has 0 fully saturated rings. The van der Waals surface area contributed by atoms with Crippen LogP contribution in [0.5, 0.6) is 5.75 Å². The highest BCUT2D eigenvalue weighted by molar-refractivity contribution is 9.10. The lowest BCUT2D eigenvalue weighted by molar-refractivity contribution is -0.167. The number of aliphatic carboxylic acids is 1. The molecule has 1 rings (SSSR count). The number of benzene rings is 1. The summed E-state index contributed by atoms with van der Waals surface area (Å²) in [6.45, 7) is 3.13. The molecule has 0 bridgehead atoms. The van der Waals surface area contributed by atoms with Gasteiger partial charge < -0.3 is 14.6 Å². The van der Waals surface area contributed by atoms with Crippen molar-refractivity contribution in [1.82, 2.24) is 0 Å². The molecule has 6 heteroatoms. The van der Waals surface area contributed by atoms with Gasteiger partial charge in [0.2, 0.25) is 0 Å². The van der Waals surface area contributed by atoms with Gasteiger partial charge in [0.1, 0.15) is 5.75 Å². The highest BCUT2D eigenvalue weighted by Gasteiger charge is 2.43. The zero-order valence-corrected chi connectivity index (χ0v) is 13.2. The van der Waals surface area contributed by atoms with Crippen molar-refractivity contribution in [3.05, 3.63) is 28.2 Å². The van der Waals surface area contributed by atoms with Gasteiger partial charge >= 0.3 is 11.9 Å². The van der Waals surface area contributed by atoms with Crippen molar-refractivity contribution in [2.45, 2.75) is 20.3 Å². The molecule has 0 saturated heterocycles. The van der Waals surface area contributed by atoms with Gasteiger partial charge in [-0.05, 0) is 37.6 Å². The summed E-state index contributed by atoms with van der Waals surface area (Å²) in [7, 11) is 1.50. The van der Waals surface area contributed by atoms with Crippen LogP contribution in [-0.2, 0) is 20.7 Å². The maximum absolute atomic E-state index is 11.9. The standard InChI is InChI=1S/C14H17BrO5/c1-4-20-13(18)14(2,12(16)17)8-9-7-10(15)5-6-11(9)19-3/h5-7H,4,8H2,1-3H3,(H,16,17). The van der Waals surface area contributed by atoms with Crippen LogP contribution in [0.3, 0.4) is 0 Å². The van der Waals surface area contributed by atoms with Crippen LogP contribution in [0.15, 0.2) is 22.7 Å². The maximum atomic E-state index is 11.9. The monoisotopic (exact) mass is 344 g/mol. The summed E-state index contributed by atoms with van der Waals surface area (Å²) < 4.78 is 10.9. The Labute approximate surface area is 126 Å². The molecule has 5 nitrogen and oxygen atoms in total. The lowest BCUT2D eigenvalue weighted by atomic mass is 9.83. The molecule has 0 aromatic heterocycles. The highest BCUT2D eigenvalue weighted by atomic mass is 79.9. The second kappa shape index (κ2) is 6.74. The third kappa shape index (κ3) is 3.50. The van der Waals surface area contributed by atoms with Gasteiger partial charge in [0.05, 0.1) is 13.7 Å². The Balaban J connectivity index is 3.17. The summed E-state index contributed by atoms with van der Waals surface area (Å²) in [5.74, 6) is -1.45. The Bertz CT molecular complexity index is 514. The van der Waals surface area contributed by atoms with Gasteiger partial charge in [0.25, 0.3) is 0 Å². The molecule has 0 spiro atoms. The summed E-state index contributed by atoms with van der Waals surface area (Å²) in [6, 6.07) is 5.23. The number of hydrogen-bond acceptors (Lipinski definition) is 4. The Morgan fingerprint density at radius 1 is 1.40 bits per heavy atom. The summed E-state index contributed by atoms with van der Waals surface area (Å²) in [5.41, 5.74) is -1.02. The van der Waals surface area contributed by atoms with Crippen LogP contribution in [0, 0.1) is 5.41 Å². The molecule has 1 atom stereocenters. The number of methoxy groups -OCH3 is 1. The molecule has 0 aliphatic carbocycles. The van der Waals surface area contributed by atoms with Crippen LogP contribution >= 0.6 is 15.9 Å². The van der Waals surface area contributed by atoms with Crippen LogP contribution in [-0.4, -0.2) is 30.8 Å². The van der Waals surface area contributed by atoms with E-state index in [4.69, 9.17) is 9.47 Å². The fourth-order valence-corrected chi connectivity index (χ4v) is 2.20. The fraction of sp³-hybridized carbons (Fsp3) is 0.429. The van der Waals surface area contributed by atoms with Crippen molar-refractivity contribution in [2.75, 3.05) is 13.7 Å². The lowest BCUT2D eigenvalue weighted by Crippen LogP contribution is -2.40. The zero-order valence-electron chi connectivity index (χ0n) is 11.6. The molecule has 0 aliphatic rings. The first-order valence-electron chi connectivity index (χ1n) is 6.08. The van der Waals surface area contributed by atoms with E-state index in [0.29, 0.717) is 11.3 Å². The topological polar surface area (TPSA) is 72.8 Å². The molecular formula is C14H17BrO5. The number of esters is 1. The van der Waals surface area contributed by atoms with Gasteiger partial charge in [-0.25, -0.2) is 0 Å². The summed E-state index contributed by atoms with van der Waals surface area (Å²) in [5, 5.41) is 9.37. The van der Waals surface area contributed by atoms with Crippen LogP contribution in [0.1, 0.15) is 19.4 Å².